The van der Waals surface area contributed by atoms with Crippen LogP contribution < -0.4 is 10.3 Å². The topological polar surface area (TPSA) is 89.1 Å². The van der Waals surface area contributed by atoms with Crippen molar-refractivity contribution in [2.24, 2.45) is 0 Å². The average Bonchev–Trinajstić information content (AvgIpc) is 2.63. The summed E-state index contributed by atoms with van der Waals surface area (Å²) < 4.78 is 26.1. The number of benzene rings is 1. The number of pyridine rings is 2. The fourth-order valence-electron chi connectivity index (χ4n) is 1.99. The van der Waals surface area contributed by atoms with Crippen molar-refractivity contribution in [3.05, 3.63) is 71.3 Å². The van der Waals surface area contributed by atoms with Gasteiger partial charge in [-0.3, -0.25) is 9.78 Å². The van der Waals surface area contributed by atoms with Gasteiger partial charge in [0.15, 0.2) is 0 Å². The van der Waals surface area contributed by atoms with Crippen LogP contribution in [0.5, 0.6) is 5.75 Å². The molecule has 0 saturated heterocycles. The number of nitrogens with zero attached hydrogens (tertiary/aromatic N) is 1. The van der Waals surface area contributed by atoms with Gasteiger partial charge in [-0.05, 0) is 49.2 Å². The van der Waals surface area contributed by atoms with Crippen molar-refractivity contribution in [3.8, 4) is 5.75 Å². The summed E-state index contributed by atoms with van der Waals surface area (Å²) >= 11 is 0. The minimum atomic E-state index is -2.10. The van der Waals surface area contributed by atoms with Gasteiger partial charge in [-0.2, -0.15) is 8.42 Å². The van der Waals surface area contributed by atoms with Crippen LogP contribution in [-0.2, 0) is 10.3 Å². The number of aromatic amines is 1. The summed E-state index contributed by atoms with van der Waals surface area (Å²) in [6.07, 6.45) is 4.61. The molecule has 7 heteroatoms. The molecular formula is C18H18N2O4S. The molecule has 2 heterocycles. The lowest BCUT2D eigenvalue weighted by Gasteiger charge is -2.06. The maximum Gasteiger partial charge on any atom is 0.248 e. The Morgan fingerprint density at radius 2 is 1.88 bits per heavy atom. The lowest BCUT2D eigenvalue weighted by Crippen LogP contribution is -2.02. The standard InChI is InChI=1S/C13H13NO4S.C5H5N/c15-13-6-3-10-9-11(4-5-12(10)14-13)18-7-1-2-8-19(16)17;1-2-4-6-5-3-1/h3-6,8-9H,1-2,7H2,(H,14,15);1-5H. The van der Waals surface area contributed by atoms with Crippen molar-refractivity contribution in [2.75, 3.05) is 6.61 Å². The van der Waals surface area contributed by atoms with E-state index in [0.717, 1.165) is 10.9 Å². The Kier molecular flexibility index (Phi) is 7.40. The number of ether oxygens (including phenoxy) is 1. The third kappa shape index (κ3) is 7.01. The number of hydrogen-bond acceptors (Lipinski definition) is 5. The Balaban J connectivity index is 0.000000316. The molecule has 3 aromatic rings. The molecule has 130 valence electrons. The first-order valence-corrected chi connectivity index (χ1v) is 8.81. The zero-order chi connectivity index (χ0) is 17.9. The average molecular weight is 358 g/mol. The zero-order valence-electron chi connectivity index (χ0n) is 13.5. The summed E-state index contributed by atoms with van der Waals surface area (Å²) in [4.78, 5) is 17.6. The highest BCUT2D eigenvalue weighted by molar-refractivity contribution is 7.71. The van der Waals surface area contributed by atoms with Crippen LogP contribution in [0.2, 0.25) is 0 Å². The molecule has 0 aliphatic rings. The number of unbranched alkanes of at least 4 members (excludes halogenated alkanes) is 1. The largest absolute Gasteiger partial charge is 0.494 e. The molecule has 1 aromatic carbocycles. The van der Waals surface area contributed by atoms with Crippen molar-refractivity contribution < 1.29 is 13.2 Å². The first kappa shape index (κ1) is 18.4. The van der Waals surface area contributed by atoms with E-state index in [1.807, 2.05) is 24.3 Å². The van der Waals surface area contributed by atoms with Crippen molar-refractivity contribution in [1.29, 1.82) is 0 Å². The fraction of sp³-hybridized carbons (Fsp3) is 0.167. The Bertz CT molecular complexity index is 948. The summed E-state index contributed by atoms with van der Waals surface area (Å²) in [5.74, 6) is 0.697. The molecule has 0 fully saturated rings. The minimum Gasteiger partial charge on any atom is -0.494 e. The van der Waals surface area contributed by atoms with Crippen LogP contribution in [0, 0.1) is 0 Å². The van der Waals surface area contributed by atoms with Crippen LogP contribution in [0.1, 0.15) is 12.8 Å². The van der Waals surface area contributed by atoms with E-state index in [-0.39, 0.29) is 5.56 Å². The number of hydrogen-bond donors (Lipinski definition) is 1. The van der Waals surface area contributed by atoms with Crippen molar-refractivity contribution in [1.82, 2.24) is 9.97 Å². The fourth-order valence-corrected chi connectivity index (χ4v) is 2.35. The van der Waals surface area contributed by atoms with E-state index < -0.39 is 10.3 Å². The quantitative estimate of drug-likeness (QED) is 0.559. The highest BCUT2D eigenvalue weighted by Gasteiger charge is 1.98. The number of H-pyrrole nitrogens is 1. The summed E-state index contributed by atoms with van der Waals surface area (Å²) in [6.45, 7) is 0.447. The Hall–Kier alpha value is -2.93. The SMILES string of the molecule is O=c1ccc2cc(OCCCC=S(=O)=O)ccc2[nH]1.c1ccncc1. The van der Waals surface area contributed by atoms with Gasteiger partial charge >= 0.3 is 0 Å². The first-order valence-electron chi connectivity index (χ1n) is 7.67. The third-order valence-corrected chi connectivity index (χ3v) is 3.64. The van der Waals surface area contributed by atoms with Crippen molar-refractivity contribution >= 4 is 26.6 Å². The molecule has 2 aromatic heterocycles. The van der Waals surface area contributed by atoms with Crippen LogP contribution in [0.15, 0.2) is 65.7 Å². The van der Waals surface area contributed by atoms with E-state index in [4.69, 9.17) is 4.74 Å². The molecule has 0 unspecified atom stereocenters. The highest BCUT2D eigenvalue weighted by Crippen LogP contribution is 2.18. The molecule has 25 heavy (non-hydrogen) atoms. The van der Waals surface area contributed by atoms with Crippen molar-refractivity contribution in [3.63, 3.8) is 0 Å². The summed E-state index contributed by atoms with van der Waals surface area (Å²) in [5.41, 5.74) is 0.622. The van der Waals surface area contributed by atoms with Crippen LogP contribution in [0.3, 0.4) is 0 Å². The summed E-state index contributed by atoms with van der Waals surface area (Å²) in [5, 5.41) is 2.11. The van der Waals surface area contributed by atoms with Gasteiger partial charge in [-0.15, -0.1) is 0 Å². The molecule has 0 aliphatic heterocycles. The predicted molar refractivity (Wildman–Crippen MR) is 98.5 cm³/mol. The molecule has 0 atom stereocenters. The Labute approximate surface area is 146 Å². The lowest BCUT2D eigenvalue weighted by atomic mass is 10.2. The number of rotatable bonds is 5. The molecule has 0 amide bonds. The monoisotopic (exact) mass is 358 g/mol. The van der Waals surface area contributed by atoms with Crippen molar-refractivity contribution in [2.45, 2.75) is 12.8 Å². The molecule has 0 spiro atoms. The molecule has 3 rings (SSSR count). The summed E-state index contributed by atoms with van der Waals surface area (Å²) in [7, 11) is -2.10. The van der Waals surface area contributed by atoms with E-state index in [1.54, 1.807) is 30.6 Å². The maximum atomic E-state index is 11.1. The van der Waals surface area contributed by atoms with Gasteiger partial charge in [0.05, 0.1) is 6.61 Å². The number of fused-ring (bicyclic) bond motifs is 1. The van der Waals surface area contributed by atoms with Gasteiger partial charge in [0.2, 0.25) is 15.9 Å². The van der Waals surface area contributed by atoms with E-state index in [2.05, 4.69) is 9.97 Å². The smallest absolute Gasteiger partial charge is 0.248 e. The maximum absolute atomic E-state index is 11.1. The van der Waals surface area contributed by atoms with Gasteiger partial charge in [0.1, 0.15) is 5.75 Å². The zero-order valence-corrected chi connectivity index (χ0v) is 14.3. The lowest BCUT2D eigenvalue weighted by molar-refractivity contribution is 0.314. The van der Waals surface area contributed by atoms with E-state index in [9.17, 15) is 13.2 Å². The molecule has 6 nitrogen and oxygen atoms in total. The normalized spacial score (nSPS) is 9.76. The molecule has 0 aliphatic carbocycles. The van der Waals surface area contributed by atoms with Gasteiger partial charge in [0.25, 0.3) is 0 Å². The van der Waals surface area contributed by atoms with E-state index in [0.29, 0.717) is 25.2 Å². The molecular weight excluding hydrogens is 340 g/mol. The minimum absolute atomic E-state index is 0.137. The van der Waals surface area contributed by atoms with Gasteiger partial charge in [0, 0.05) is 34.7 Å². The third-order valence-electron chi connectivity index (χ3n) is 3.13. The Morgan fingerprint density at radius 3 is 2.52 bits per heavy atom. The van der Waals surface area contributed by atoms with E-state index >= 15 is 0 Å². The van der Waals surface area contributed by atoms with Gasteiger partial charge < -0.3 is 9.72 Å². The second-order valence-electron chi connectivity index (χ2n) is 5.01. The van der Waals surface area contributed by atoms with Crippen LogP contribution in [0.25, 0.3) is 10.9 Å². The second-order valence-corrected chi connectivity index (χ2v) is 5.87. The number of aromatic nitrogens is 2. The summed E-state index contributed by atoms with van der Waals surface area (Å²) in [6, 6.07) is 14.3. The van der Waals surface area contributed by atoms with Crippen LogP contribution >= 0.6 is 0 Å². The number of nitrogens with one attached hydrogen (secondary N) is 1. The highest BCUT2D eigenvalue weighted by atomic mass is 32.2. The first-order chi connectivity index (χ1) is 12.1. The molecule has 1 N–H and O–H groups in total. The van der Waals surface area contributed by atoms with Crippen LogP contribution in [-0.4, -0.2) is 30.4 Å². The van der Waals surface area contributed by atoms with E-state index in [1.165, 1.54) is 11.4 Å². The predicted octanol–water partition coefficient (Wildman–Crippen LogP) is 2.45. The molecule has 0 radical (unpaired) electrons. The van der Waals surface area contributed by atoms with Crippen LogP contribution in [0.4, 0.5) is 0 Å². The second kappa shape index (κ2) is 10.0. The molecule has 0 bridgehead atoms. The Morgan fingerprint density at radius 1 is 1.08 bits per heavy atom. The van der Waals surface area contributed by atoms with Gasteiger partial charge in [-0.25, -0.2) is 0 Å². The van der Waals surface area contributed by atoms with Gasteiger partial charge in [-0.1, -0.05) is 6.07 Å². The molecule has 0 saturated carbocycles.